The van der Waals surface area contributed by atoms with Crippen molar-refractivity contribution < 1.29 is 18.0 Å². The second kappa shape index (κ2) is 7.34. The van der Waals surface area contributed by atoms with E-state index >= 15 is 0 Å². The number of hydrogen-bond donors (Lipinski definition) is 1. The summed E-state index contributed by atoms with van der Waals surface area (Å²) >= 11 is 3.17. The van der Waals surface area contributed by atoms with E-state index in [2.05, 4.69) is 15.9 Å². The first-order valence-corrected chi connectivity index (χ1v) is 8.62. The summed E-state index contributed by atoms with van der Waals surface area (Å²) in [6.07, 6.45) is -2.59. The third kappa shape index (κ3) is 4.95. The summed E-state index contributed by atoms with van der Waals surface area (Å²) in [5.74, 6) is -0.847. The molecule has 0 aliphatic heterocycles. The summed E-state index contributed by atoms with van der Waals surface area (Å²) in [5, 5.41) is 8.96. The number of carbonyl (C=O) groups is 1. The predicted octanol–water partition coefficient (Wildman–Crippen LogP) is 3.92. The first-order valence-electron chi connectivity index (χ1n) is 7.82. The monoisotopic (exact) mass is 417 g/mol. The molecule has 2 N–H and O–H groups in total. The van der Waals surface area contributed by atoms with Crippen LogP contribution in [0.3, 0.4) is 0 Å². The number of carbonyl (C=O) groups excluding carboxylic acids is 1. The highest BCUT2D eigenvalue weighted by Crippen LogP contribution is 2.49. The molecular formula is C17H19BrF3N3O. The minimum atomic E-state index is -4.72. The van der Waals surface area contributed by atoms with Gasteiger partial charge in [0, 0.05) is 4.47 Å². The zero-order chi connectivity index (χ0) is 18.8. The lowest BCUT2D eigenvalue weighted by atomic mass is 9.97. The fourth-order valence-electron chi connectivity index (χ4n) is 2.81. The molecule has 1 aromatic rings. The van der Waals surface area contributed by atoms with Crippen molar-refractivity contribution in [1.29, 1.82) is 5.26 Å². The van der Waals surface area contributed by atoms with Crippen molar-refractivity contribution in [2.75, 3.05) is 6.54 Å². The summed E-state index contributed by atoms with van der Waals surface area (Å²) < 4.78 is 41.7. The van der Waals surface area contributed by atoms with Gasteiger partial charge in [0.15, 0.2) is 6.04 Å². The van der Waals surface area contributed by atoms with Crippen LogP contribution in [0.1, 0.15) is 37.8 Å². The van der Waals surface area contributed by atoms with Gasteiger partial charge in [0.2, 0.25) is 5.91 Å². The maximum Gasteiger partial charge on any atom is 0.413 e. The van der Waals surface area contributed by atoms with Crippen LogP contribution in [0.4, 0.5) is 13.2 Å². The molecule has 8 heteroatoms. The first kappa shape index (κ1) is 19.7. The molecule has 2 atom stereocenters. The van der Waals surface area contributed by atoms with Crippen molar-refractivity contribution in [3.05, 3.63) is 34.3 Å². The largest absolute Gasteiger partial charge is 0.413 e. The lowest BCUT2D eigenvalue weighted by Crippen LogP contribution is -2.50. The van der Waals surface area contributed by atoms with Gasteiger partial charge in [-0.25, -0.2) is 0 Å². The number of nitrogens with zero attached hydrogens (tertiary/aromatic N) is 2. The lowest BCUT2D eigenvalue weighted by molar-refractivity contribution is -0.191. The van der Waals surface area contributed by atoms with Crippen LogP contribution >= 0.6 is 15.9 Å². The molecule has 1 saturated carbocycles. The van der Waals surface area contributed by atoms with E-state index in [1.165, 1.54) is 24.3 Å². The fraction of sp³-hybridized carbons (Fsp3) is 0.529. The maximum absolute atomic E-state index is 13.7. The Balaban J connectivity index is 2.33. The molecule has 0 spiro atoms. The Bertz CT molecular complexity index is 665. The Kier molecular flexibility index (Phi) is 5.79. The minimum absolute atomic E-state index is 0.0846. The number of nitriles is 1. The highest BCUT2D eigenvalue weighted by molar-refractivity contribution is 9.10. The molecule has 1 aliphatic rings. The molecule has 0 unspecified atom stereocenters. The Morgan fingerprint density at radius 3 is 2.40 bits per heavy atom. The second-order valence-corrected chi connectivity index (χ2v) is 7.66. The van der Waals surface area contributed by atoms with Crippen LogP contribution in [0.2, 0.25) is 0 Å². The number of hydrogen-bond acceptors (Lipinski definition) is 3. The number of benzene rings is 1. The van der Waals surface area contributed by atoms with E-state index in [0.29, 0.717) is 15.8 Å². The number of halogens is 4. The normalized spacial score (nSPS) is 18.1. The zero-order valence-electron chi connectivity index (χ0n) is 13.7. The van der Waals surface area contributed by atoms with E-state index in [9.17, 15) is 18.0 Å². The fourth-order valence-corrected chi connectivity index (χ4v) is 3.08. The van der Waals surface area contributed by atoms with Crippen molar-refractivity contribution in [3.8, 4) is 6.07 Å². The van der Waals surface area contributed by atoms with Gasteiger partial charge in [-0.3, -0.25) is 4.79 Å². The number of amides is 1. The number of rotatable bonds is 6. The Morgan fingerprint density at radius 2 is 1.96 bits per heavy atom. The van der Waals surface area contributed by atoms with Crippen molar-refractivity contribution >= 4 is 21.8 Å². The maximum atomic E-state index is 13.7. The molecule has 1 fully saturated rings. The van der Waals surface area contributed by atoms with Gasteiger partial charge in [-0.1, -0.05) is 35.0 Å². The Morgan fingerprint density at radius 1 is 1.40 bits per heavy atom. The molecule has 25 heavy (non-hydrogen) atoms. The van der Waals surface area contributed by atoms with E-state index in [-0.39, 0.29) is 11.0 Å². The van der Waals surface area contributed by atoms with Crippen LogP contribution in [0.15, 0.2) is 28.7 Å². The molecular weight excluding hydrogens is 399 g/mol. The van der Waals surface area contributed by atoms with Crippen LogP contribution in [-0.2, 0) is 4.79 Å². The highest BCUT2D eigenvalue weighted by atomic mass is 79.9. The molecule has 0 saturated heterocycles. The minimum Gasteiger partial charge on any atom is -0.320 e. The SMILES string of the molecule is CC1(C[C@H](N)C(=O)N(CC#N)[C@@H](c2ccc(Br)cc2)C(F)(F)F)CC1. The third-order valence-corrected chi connectivity index (χ3v) is 4.99. The zero-order valence-corrected chi connectivity index (χ0v) is 15.3. The molecule has 0 radical (unpaired) electrons. The van der Waals surface area contributed by atoms with Crippen LogP contribution in [0.25, 0.3) is 0 Å². The summed E-state index contributed by atoms with van der Waals surface area (Å²) in [5.41, 5.74) is 5.69. The second-order valence-electron chi connectivity index (χ2n) is 6.74. The molecule has 0 heterocycles. The van der Waals surface area contributed by atoms with Crippen LogP contribution in [0, 0.1) is 16.7 Å². The molecule has 1 aliphatic carbocycles. The molecule has 0 bridgehead atoms. The molecule has 136 valence electrons. The summed E-state index contributed by atoms with van der Waals surface area (Å²) in [6, 6.07) is 3.90. The van der Waals surface area contributed by atoms with Gasteiger partial charge < -0.3 is 10.6 Å². The summed E-state index contributed by atoms with van der Waals surface area (Å²) in [7, 11) is 0. The standard InChI is InChI=1S/C17H19BrF3N3O/c1-16(6-7-16)10-13(23)15(25)24(9-8-22)14(17(19,20)21)11-2-4-12(18)5-3-11/h2-5,13-14H,6-7,9-10,23H2,1H3/t13-,14-/m0/s1. The average molecular weight is 418 g/mol. The van der Waals surface area contributed by atoms with E-state index in [4.69, 9.17) is 11.0 Å². The van der Waals surface area contributed by atoms with Crippen molar-refractivity contribution in [2.24, 2.45) is 11.1 Å². The molecule has 1 aromatic carbocycles. The Labute approximate surface area is 152 Å². The van der Waals surface area contributed by atoms with Gasteiger partial charge >= 0.3 is 6.18 Å². The summed E-state index contributed by atoms with van der Waals surface area (Å²) in [6.45, 7) is 1.27. The van der Waals surface area contributed by atoms with Crippen molar-refractivity contribution in [1.82, 2.24) is 4.90 Å². The molecule has 4 nitrogen and oxygen atoms in total. The van der Waals surface area contributed by atoms with Gasteiger partial charge in [-0.05, 0) is 42.4 Å². The Hall–Kier alpha value is -1.59. The van der Waals surface area contributed by atoms with Crippen LogP contribution in [0.5, 0.6) is 0 Å². The molecule has 1 amide bonds. The van der Waals surface area contributed by atoms with Crippen molar-refractivity contribution in [3.63, 3.8) is 0 Å². The van der Waals surface area contributed by atoms with E-state index in [0.717, 1.165) is 12.8 Å². The number of alkyl halides is 3. The van der Waals surface area contributed by atoms with Gasteiger partial charge in [-0.15, -0.1) is 0 Å². The molecule has 0 aromatic heterocycles. The quantitative estimate of drug-likeness (QED) is 0.712. The van der Waals surface area contributed by atoms with E-state index in [1.807, 2.05) is 6.92 Å². The van der Waals surface area contributed by atoms with Crippen molar-refractivity contribution in [2.45, 2.75) is 44.4 Å². The van der Waals surface area contributed by atoms with Gasteiger partial charge in [-0.2, -0.15) is 18.4 Å². The highest BCUT2D eigenvalue weighted by Gasteiger charge is 2.48. The van der Waals surface area contributed by atoms with E-state index < -0.39 is 30.7 Å². The molecule has 2 rings (SSSR count). The lowest BCUT2D eigenvalue weighted by Gasteiger charge is -2.34. The predicted molar refractivity (Wildman–Crippen MR) is 90.2 cm³/mol. The topological polar surface area (TPSA) is 70.1 Å². The average Bonchev–Trinajstić information content (AvgIpc) is 3.23. The van der Waals surface area contributed by atoms with Gasteiger partial charge in [0.1, 0.15) is 6.54 Å². The number of nitrogens with two attached hydrogens (primary N) is 1. The van der Waals surface area contributed by atoms with Crippen LogP contribution in [-0.4, -0.2) is 29.6 Å². The summed E-state index contributed by atoms with van der Waals surface area (Å²) in [4.78, 5) is 13.1. The van der Waals surface area contributed by atoms with Gasteiger partial charge in [0.05, 0.1) is 12.1 Å². The third-order valence-electron chi connectivity index (χ3n) is 4.47. The smallest absolute Gasteiger partial charge is 0.320 e. The van der Waals surface area contributed by atoms with Gasteiger partial charge in [0.25, 0.3) is 0 Å². The van der Waals surface area contributed by atoms with E-state index in [1.54, 1.807) is 6.07 Å². The first-order chi connectivity index (χ1) is 11.6. The van der Waals surface area contributed by atoms with Crippen LogP contribution < -0.4 is 5.73 Å².